The van der Waals surface area contributed by atoms with Crippen LogP contribution in [-0.4, -0.2) is 14.5 Å². The summed E-state index contributed by atoms with van der Waals surface area (Å²) in [6.07, 6.45) is 3.54. The topological polar surface area (TPSA) is 37.5 Å². The van der Waals surface area contributed by atoms with Crippen molar-refractivity contribution in [1.29, 1.82) is 0 Å². The first-order valence-corrected chi connectivity index (χ1v) is 5.96. The first kappa shape index (κ1) is 10.4. The molecule has 0 radical (unpaired) electrons. The molecule has 0 atom stereocenters. The van der Waals surface area contributed by atoms with E-state index in [2.05, 4.69) is 20.9 Å². The van der Waals surface area contributed by atoms with Crippen LogP contribution in [0.3, 0.4) is 0 Å². The lowest BCUT2D eigenvalue weighted by Crippen LogP contribution is -1.79. The van der Waals surface area contributed by atoms with Crippen molar-refractivity contribution >= 4 is 21.6 Å². The van der Waals surface area contributed by atoms with Gasteiger partial charge in [-0.3, -0.25) is 0 Å². The Hall–Kier alpha value is -1.81. The van der Waals surface area contributed by atoms with E-state index in [0.717, 1.165) is 21.4 Å². The summed E-state index contributed by atoms with van der Waals surface area (Å²) in [5.41, 5.74) is 2.73. The van der Waals surface area contributed by atoms with Gasteiger partial charge in [0.2, 0.25) is 0 Å². The summed E-state index contributed by atoms with van der Waals surface area (Å²) in [6, 6.07) is 11.3. The maximum absolute atomic E-state index is 9.41. The fourth-order valence-corrected chi connectivity index (χ4v) is 2.27. The molecule has 84 valence electrons. The lowest BCUT2D eigenvalue weighted by molar-refractivity contribution is 0.472. The number of aromatic hydroxyl groups is 1. The van der Waals surface area contributed by atoms with Gasteiger partial charge in [0.15, 0.2) is 0 Å². The van der Waals surface area contributed by atoms with Crippen molar-refractivity contribution < 1.29 is 5.11 Å². The number of nitrogens with zero attached hydrogens (tertiary/aromatic N) is 2. The Kier molecular flexibility index (Phi) is 2.37. The van der Waals surface area contributed by atoms with Gasteiger partial charge in [-0.05, 0) is 18.2 Å². The Balaban J connectivity index is 2.22. The molecule has 2 aromatic heterocycles. The Morgan fingerprint density at radius 2 is 1.88 bits per heavy atom. The van der Waals surface area contributed by atoms with Gasteiger partial charge in [-0.2, -0.15) is 0 Å². The molecule has 0 fully saturated rings. The molecular weight excluding hydrogens is 280 g/mol. The minimum absolute atomic E-state index is 0.230. The molecule has 0 aliphatic rings. The normalized spacial score (nSPS) is 10.9. The number of rotatable bonds is 1. The summed E-state index contributed by atoms with van der Waals surface area (Å²) in [6.45, 7) is 0. The van der Waals surface area contributed by atoms with E-state index in [-0.39, 0.29) is 5.75 Å². The van der Waals surface area contributed by atoms with Crippen LogP contribution in [-0.2, 0) is 0 Å². The van der Waals surface area contributed by atoms with Gasteiger partial charge in [0.25, 0.3) is 0 Å². The minimum Gasteiger partial charge on any atom is -0.506 e. The predicted molar refractivity (Wildman–Crippen MR) is 70.0 cm³/mol. The van der Waals surface area contributed by atoms with Crippen molar-refractivity contribution in [2.45, 2.75) is 0 Å². The number of halogens is 1. The Labute approximate surface area is 106 Å². The van der Waals surface area contributed by atoms with E-state index < -0.39 is 0 Å². The molecule has 1 N–H and O–H groups in total. The van der Waals surface area contributed by atoms with E-state index >= 15 is 0 Å². The number of hydrogen-bond acceptors (Lipinski definition) is 2. The molecule has 17 heavy (non-hydrogen) atoms. The lowest BCUT2D eigenvalue weighted by Gasteiger charge is -1.98. The number of fused-ring (bicyclic) bond motifs is 1. The molecule has 0 amide bonds. The molecule has 1 aromatic carbocycles. The second-order valence-corrected chi connectivity index (χ2v) is 4.61. The molecule has 0 spiro atoms. The number of hydrogen-bond donors (Lipinski definition) is 1. The highest BCUT2D eigenvalue weighted by molar-refractivity contribution is 9.10. The monoisotopic (exact) mass is 288 g/mol. The summed E-state index contributed by atoms with van der Waals surface area (Å²) >= 11 is 3.51. The first-order chi connectivity index (χ1) is 8.24. The predicted octanol–water partition coefficient (Wildman–Crippen LogP) is 3.47. The summed E-state index contributed by atoms with van der Waals surface area (Å²) < 4.78 is 2.82. The van der Waals surface area contributed by atoms with Crippen molar-refractivity contribution in [2.75, 3.05) is 0 Å². The van der Waals surface area contributed by atoms with Gasteiger partial charge in [-0.15, -0.1) is 0 Å². The number of pyridine rings is 1. The molecule has 0 aliphatic carbocycles. The van der Waals surface area contributed by atoms with Crippen LogP contribution in [0.5, 0.6) is 5.75 Å². The van der Waals surface area contributed by atoms with Crippen molar-refractivity contribution in [3.63, 3.8) is 0 Å². The van der Waals surface area contributed by atoms with Gasteiger partial charge in [-0.25, -0.2) is 4.98 Å². The van der Waals surface area contributed by atoms with E-state index in [4.69, 9.17) is 0 Å². The Morgan fingerprint density at radius 1 is 1.06 bits per heavy atom. The molecule has 3 rings (SSSR count). The molecular formula is C13H9BrN2O. The van der Waals surface area contributed by atoms with Crippen LogP contribution in [0, 0.1) is 0 Å². The van der Waals surface area contributed by atoms with Crippen LogP contribution in [0.15, 0.2) is 53.3 Å². The molecule has 0 saturated heterocycles. The van der Waals surface area contributed by atoms with Crippen LogP contribution in [0.4, 0.5) is 0 Å². The smallest absolute Gasteiger partial charge is 0.137 e. The zero-order valence-electron chi connectivity index (χ0n) is 8.84. The molecule has 0 aliphatic heterocycles. The molecule has 4 heteroatoms. The highest BCUT2D eigenvalue weighted by atomic mass is 79.9. The Bertz CT molecular complexity index is 691. The largest absolute Gasteiger partial charge is 0.506 e. The average Bonchev–Trinajstić information content (AvgIpc) is 2.72. The van der Waals surface area contributed by atoms with E-state index in [1.165, 1.54) is 0 Å². The first-order valence-electron chi connectivity index (χ1n) is 5.17. The van der Waals surface area contributed by atoms with E-state index in [1.54, 1.807) is 18.3 Å². The van der Waals surface area contributed by atoms with Crippen LogP contribution in [0.2, 0.25) is 0 Å². The SMILES string of the molecule is Oc1ccc2nc(-c3ccccc3Br)cn2c1. The summed E-state index contributed by atoms with van der Waals surface area (Å²) in [5, 5.41) is 9.41. The zero-order chi connectivity index (χ0) is 11.8. The molecule has 3 nitrogen and oxygen atoms in total. The standard InChI is InChI=1S/C13H9BrN2O/c14-11-4-2-1-3-10(11)12-8-16-7-9(17)5-6-13(16)15-12/h1-8,17H. The quantitative estimate of drug-likeness (QED) is 0.744. The van der Waals surface area contributed by atoms with Crippen molar-refractivity contribution in [2.24, 2.45) is 0 Å². The van der Waals surface area contributed by atoms with Gasteiger partial charge < -0.3 is 9.51 Å². The second-order valence-electron chi connectivity index (χ2n) is 3.76. The highest BCUT2D eigenvalue weighted by Crippen LogP contribution is 2.27. The molecule has 2 heterocycles. The zero-order valence-corrected chi connectivity index (χ0v) is 10.4. The highest BCUT2D eigenvalue weighted by Gasteiger charge is 2.07. The van der Waals surface area contributed by atoms with E-state index in [1.807, 2.05) is 34.9 Å². The van der Waals surface area contributed by atoms with Crippen LogP contribution in [0.25, 0.3) is 16.9 Å². The summed E-state index contributed by atoms with van der Waals surface area (Å²) in [4.78, 5) is 4.51. The van der Waals surface area contributed by atoms with Crippen molar-refractivity contribution in [3.05, 3.63) is 53.3 Å². The number of aromatic nitrogens is 2. The fourth-order valence-electron chi connectivity index (χ4n) is 1.78. The molecule has 0 unspecified atom stereocenters. The van der Waals surface area contributed by atoms with E-state index in [0.29, 0.717) is 0 Å². The van der Waals surface area contributed by atoms with E-state index in [9.17, 15) is 5.11 Å². The van der Waals surface area contributed by atoms with Crippen LogP contribution < -0.4 is 0 Å². The fraction of sp³-hybridized carbons (Fsp3) is 0. The van der Waals surface area contributed by atoms with Crippen LogP contribution >= 0.6 is 15.9 Å². The van der Waals surface area contributed by atoms with Gasteiger partial charge in [0.1, 0.15) is 11.4 Å². The summed E-state index contributed by atoms with van der Waals surface area (Å²) in [7, 11) is 0. The third-order valence-corrected chi connectivity index (χ3v) is 3.28. The van der Waals surface area contributed by atoms with Gasteiger partial charge in [0, 0.05) is 16.2 Å². The number of imidazole rings is 1. The van der Waals surface area contributed by atoms with Gasteiger partial charge in [-0.1, -0.05) is 34.1 Å². The third-order valence-electron chi connectivity index (χ3n) is 2.59. The molecule has 3 aromatic rings. The molecule has 0 bridgehead atoms. The maximum atomic E-state index is 9.41. The average molecular weight is 289 g/mol. The second kappa shape index (κ2) is 3.89. The summed E-state index contributed by atoms with van der Waals surface area (Å²) in [5.74, 6) is 0.230. The lowest BCUT2D eigenvalue weighted by atomic mass is 10.2. The minimum atomic E-state index is 0.230. The number of benzene rings is 1. The van der Waals surface area contributed by atoms with Gasteiger partial charge >= 0.3 is 0 Å². The van der Waals surface area contributed by atoms with Gasteiger partial charge in [0.05, 0.1) is 11.9 Å². The van der Waals surface area contributed by atoms with Crippen molar-refractivity contribution in [1.82, 2.24) is 9.38 Å². The third kappa shape index (κ3) is 1.80. The Morgan fingerprint density at radius 3 is 2.71 bits per heavy atom. The van der Waals surface area contributed by atoms with Crippen LogP contribution in [0.1, 0.15) is 0 Å². The molecule has 0 saturated carbocycles. The van der Waals surface area contributed by atoms with Crippen molar-refractivity contribution in [3.8, 4) is 17.0 Å². The maximum Gasteiger partial charge on any atom is 0.137 e.